The first-order valence-electron chi connectivity index (χ1n) is 15.9. The normalized spacial score (nSPS) is 11.0. The van der Waals surface area contributed by atoms with Crippen molar-refractivity contribution in [3.63, 3.8) is 0 Å². The zero-order valence-electron chi connectivity index (χ0n) is 28.4. The van der Waals surface area contributed by atoms with Gasteiger partial charge in [-0.2, -0.15) is 48.5 Å². The Balaban J connectivity index is 0.000000192. The summed E-state index contributed by atoms with van der Waals surface area (Å²) in [5, 5.41) is 6.42. The van der Waals surface area contributed by atoms with Gasteiger partial charge in [0.15, 0.2) is 0 Å². The molecule has 0 spiro atoms. The number of hydrogen-bond donors (Lipinski definition) is 0. The van der Waals surface area contributed by atoms with Crippen molar-refractivity contribution in [3.05, 3.63) is 182 Å². The van der Waals surface area contributed by atoms with Crippen LogP contribution in [0.5, 0.6) is 0 Å². The van der Waals surface area contributed by atoms with Crippen molar-refractivity contribution >= 4 is 37.1 Å². The van der Waals surface area contributed by atoms with Crippen molar-refractivity contribution in [2.75, 3.05) is 0 Å². The van der Waals surface area contributed by atoms with E-state index in [4.69, 9.17) is 0 Å². The second-order valence-corrected chi connectivity index (χ2v) is 19.0. The molecule has 3 heteroatoms. The van der Waals surface area contributed by atoms with Crippen LogP contribution in [0.2, 0.25) is 0 Å². The van der Waals surface area contributed by atoms with Crippen LogP contribution in [-0.2, 0) is 21.1 Å². The fourth-order valence-electron chi connectivity index (χ4n) is 5.28. The average molecular weight is 832 g/mol. The number of rotatable bonds is 5. The third kappa shape index (κ3) is 12.1. The van der Waals surface area contributed by atoms with Gasteiger partial charge in [-0.3, -0.25) is 0 Å². The molecule has 0 N–H and O–H groups in total. The van der Waals surface area contributed by atoms with Gasteiger partial charge < -0.3 is 0 Å². The maximum Gasteiger partial charge on any atom is 2.00 e. The smallest absolute Gasteiger partial charge is 0.226 e. The predicted octanol–water partition coefficient (Wildman–Crippen LogP) is 10.8. The van der Waals surface area contributed by atoms with Gasteiger partial charge in [0, 0.05) is 0 Å². The summed E-state index contributed by atoms with van der Waals surface area (Å²) in [5.41, 5.74) is 2.19. The molecule has 6 aromatic rings. The van der Waals surface area contributed by atoms with Crippen LogP contribution in [0.4, 0.5) is 0 Å². The number of hydrogen-bond acceptors (Lipinski definition) is 0. The second-order valence-electron chi connectivity index (χ2n) is 12.9. The molecular formula is C44H46P2Pt. The van der Waals surface area contributed by atoms with Gasteiger partial charge in [-0.1, -0.05) is 163 Å². The van der Waals surface area contributed by atoms with E-state index in [1.807, 2.05) is 48.5 Å². The van der Waals surface area contributed by atoms with Gasteiger partial charge in [0.25, 0.3) is 0 Å². The minimum absolute atomic E-state index is 0. The fraction of sp³-hybridized carbons (Fsp3) is 0.182. The molecule has 0 saturated carbocycles. The summed E-state index contributed by atoms with van der Waals surface area (Å²) in [6.07, 6.45) is 0. The number of benzene rings is 6. The van der Waals surface area contributed by atoms with Crippen LogP contribution >= 0.6 is 15.8 Å². The maximum atomic E-state index is 3.15. The van der Waals surface area contributed by atoms with Crippen molar-refractivity contribution in [1.29, 1.82) is 0 Å². The summed E-state index contributed by atoms with van der Waals surface area (Å²) < 4.78 is 0. The van der Waals surface area contributed by atoms with E-state index in [1.54, 1.807) is 0 Å². The standard InChI is InChI=1S/2C16H19P.C12H8.Pt/c2*1-16(2,3)17(14-10-6-4-7-11-14)15-12-8-5-9-13-15;1-3-7-11(8-4-1)12-9-5-2-6-10-12;/h2*4-13H,1-3H3;1-7,9H;/q;;-2;+2. The Morgan fingerprint density at radius 1 is 0.340 bits per heavy atom. The van der Waals surface area contributed by atoms with E-state index in [0.29, 0.717) is 0 Å². The van der Waals surface area contributed by atoms with Crippen LogP contribution < -0.4 is 21.2 Å². The van der Waals surface area contributed by atoms with E-state index in [2.05, 4.69) is 175 Å². The molecule has 0 nitrogen and oxygen atoms in total. The summed E-state index contributed by atoms with van der Waals surface area (Å²) in [5.74, 6) is 0. The Labute approximate surface area is 301 Å². The van der Waals surface area contributed by atoms with E-state index in [1.165, 1.54) is 21.2 Å². The van der Waals surface area contributed by atoms with Gasteiger partial charge >= 0.3 is 21.1 Å². The van der Waals surface area contributed by atoms with E-state index in [0.717, 1.165) is 11.1 Å². The van der Waals surface area contributed by atoms with E-state index in [-0.39, 0.29) is 47.2 Å². The van der Waals surface area contributed by atoms with Gasteiger partial charge in [0.2, 0.25) is 0 Å². The third-order valence-corrected chi connectivity index (χ3v) is 13.0. The summed E-state index contributed by atoms with van der Waals surface area (Å²) in [6.45, 7) is 14.0. The summed E-state index contributed by atoms with van der Waals surface area (Å²) in [6, 6.07) is 65.6. The van der Waals surface area contributed by atoms with Gasteiger partial charge in [0.1, 0.15) is 0 Å². The van der Waals surface area contributed by atoms with Crippen LogP contribution in [0.25, 0.3) is 11.1 Å². The molecule has 0 aromatic heterocycles. The summed E-state index contributed by atoms with van der Waals surface area (Å²) >= 11 is 0. The van der Waals surface area contributed by atoms with Crippen LogP contribution in [0.3, 0.4) is 0 Å². The maximum absolute atomic E-state index is 3.15. The van der Waals surface area contributed by atoms with E-state index in [9.17, 15) is 0 Å². The third-order valence-electron chi connectivity index (χ3n) is 7.11. The Kier molecular flexibility index (Phi) is 15.5. The molecule has 0 atom stereocenters. The molecule has 0 unspecified atom stereocenters. The van der Waals surface area contributed by atoms with Gasteiger partial charge in [-0.05, 0) is 47.4 Å². The predicted molar refractivity (Wildman–Crippen MR) is 207 cm³/mol. The SMILES string of the molecule is CC(C)(C)P(c1ccccc1)c1ccccc1.CC(C)(C)P(c1ccccc1)c1ccccc1.[Pt+2].[c-]1ccccc1-c1[c-]cccc1. The van der Waals surface area contributed by atoms with Crippen molar-refractivity contribution in [2.24, 2.45) is 0 Å². The van der Waals surface area contributed by atoms with Crippen molar-refractivity contribution in [2.45, 2.75) is 51.9 Å². The van der Waals surface area contributed by atoms with E-state index < -0.39 is 0 Å². The zero-order chi connectivity index (χ0) is 32.8. The van der Waals surface area contributed by atoms with Crippen molar-refractivity contribution in [1.82, 2.24) is 0 Å². The molecule has 6 aromatic carbocycles. The Morgan fingerprint density at radius 2 is 0.574 bits per heavy atom. The molecule has 0 fully saturated rings. The van der Waals surface area contributed by atoms with Crippen LogP contribution in [0, 0.1) is 12.1 Å². The molecule has 242 valence electrons. The molecule has 0 aliphatic heterocycles. The first-order chi connectivity index (χ1) is 22.1. The fourth-order valence-corrected chi connectivity index (χ4v) is 10.9. The minimum atomic E-state index is -0.292. The Hall–Kier alpha value is -3.13. The Bertz CT molecular complexity index is 1450. The minimum Gasteiger partial charge on any atom is -0.226 e. The van der Waals surface area contributed by atoms with Crippen LogP contribution in [-0.4, -0.2) is 10.3 Å². The molecule has 0 heterocycles. The van der Waals surface area contributed by atoms with Gasteiger partial charge in [-0.15, -0.1) is 12.1 Å². The summed E-state index contributed by atoms with van der Waals surface area (Å²) in [7, 11) is -0.584. The topological polar surface area (TPSA) is 0 Å². The monoisotopic (exact) mass is 831 g/mol. The first kappa shape index (κ1) is 38.3. The van der Waals surface area contributed by atoms with Crippen LogP contribution in [0.15, 0.2) is 170 Å². The molecule has 0 aliphatic carbocycles. The van der Waals surface area contributed by atoms with Gasteiger partial charge in [0.05, 0.1) is 0 Å². The molecule has 0 amide bonds. The zero-order valence-corrected chi connectivity index (χ0v) is 32.4. The van der Waals surface area contributed by atoms with E-state index >= 15 is 0 Å². The molecule has 6 rings (SSSR count). The Morgan fingerprint density at radius 3 is 0.766 bits per heavy atom. The second kappa shape index (κ2) is 19.0. The molecule has 0 bridgehead atoms. The largest absolute Gasteiger partial charge is 2.00 e. The molecular weight excluding hydrogens is 786 g/mol. The molecule has 0 saturated heterocycles. The quantitative estimate of drug-likeness (QED) is 0.120. The van der Waals surface area contributed by atoms with Crippen molar-refractivity contribution in [3.8, 4) is 11.1 Å². The van der Waals surface area contributed by atoms with Gasteiger partial charge in [-0.25, -0.2) is 11.1 Å². The molecule has 0 radical (unpaired) electrons. The molecule has 47 heavy (non-hydrogen) atoms. The summed E-state index contributed by atoms with van der Waals surface area (Å²) in [4.78, 5) is 0. The average Bonchev–Trinajstić information content (AvgIpc) is 3.07. The van der Waals surface area contributed by atoms with Crippen molar-refractivity contribution < 1.29 is 21.1 Å². The first-order valence-corrected chi connectivity index (χ1v) is 18.6. The van der Waals surface area contributed by atoms with Crippen LogP contribution in [0.1, 0.15) is 41.5 Å². The molecule has 0 aliphatic rings.